The van der Waals surface area contributed by atoms with Gasteiger partial charge in [0.05, 0.1) is 5.56 Å². The summed E-state index contributed by atoms with van der Waals surface area (Å²) < 4.78 is 26.9. The van der Waals surface area contributed by atoms with Crippen molar-refractivity contribution >= 4 is 5.78 Å². The lowest BCUT2D eigenvalue weighted by atomic mass is 9.76. The molecule has 18 heavy (non-hydrogen) atoms. The van der Waals surface area contributed by atoms with Gasteiger partial charge in [0.15, 0.2) is 17.4 Å². The summed E-state index contributed by atoms with van der Waals surface area (Å²) in [6, 6.07) is 3.79. The van der Waals surface area contributed by atoms with E-state index in [1.807, 2.05) is 6.92 Å². The van der Waals surface area contributed by atoms with Crippen molar-refractivity contribution in [2.75, 3.05) is 13.1 Å². The molecule has 0 spiro atoms. The molecule has 98 valence electrons. The second-order valence-electron chi connectivity index (χ2n) is 4.89. The number of benzene rings is 1. The first-order valence-corrected chi connectivity index (χ1v) is 6.30. The van der Waals surface area contributed by atoms with Crippen LogP contribution in [0.15, 0.2) is 18.2 Å². The van der Waals surface area contributed by atoms with Gasteiger partial charge in [-0.25, -0.2) is 8.78 Å². The Kier molecular flexibility index (Phi) is 3.76. The summed E-state index contributed by atoms with van der Waals surface area (Å²) in [4.78, 5) is 12.5. The average molecular weight is 253 g/mol. The topological polar surface area (TPSA) is 29.1 Å². The molecule has 1 aromatic carbocycles. The van der Waals surface area contributed by atoms with Gasteiger partial charge in [0.25, 0.3) is 0 Å². The zero-order valence-electron chi connectivity index (χ0n) is 10.4. The Morgan fingerprint density at radius 2 is 2.22 bits per heavy atom. The van der Waals surface area contributed by atoms with E-state index in [9.17, 15) is 13.6 Å². The first kappa shape index (κ1) is 13.1. The van der Waals surface area contributed by atoms with Crippen molar-refractivity contribution in [2.45, 2.75) is 26.2 Å². The Hall–Kier alpha value is -1.29. The van der Waals surface area contributed by atoms with Gasteiger partial charge in [-0.15, -0.1) is 0 Å². The molecule has 1 aromatic rings. The van der Waals surface area contributed by atoms with Crippen molar-refractivity contribution in [1.29, 1.82) is 0 Å². The third-order valence-corrected chi connectivity index (χ3v) is 3.65. The second-order valence-corrected chi connectivity index (χ2v) is 4.89. The lowest BCUT2D eigenvalue weighted by Crippen LogP contribution is -2.34. The van der Waals surface area contributed by atoms with Gasteiger partial charge < -0.3 is 5.32 Å². The van der Waals surface area contributed by atoms with Gasteiger partial charge in [0, 0.05) is 12.0 Å². The lowest BCUT2D eigenvalue weighted by Gasteiger charge is -2.26. The summed E-state index contributed by atoms with van der Waals surface area (Å²) in [7, 11) is 0. The fraction of sp³-hybridized carbons (Fsp3) is 0.500. The van der Waals surface area contributed by atoms with Gasteiger partial charge in [-0.05, 0) is 31.5 Å². The van der Waals surface area contributed by atoms with E-state index < -0.39 is 17.0 Å². The minimum atomic E-state index is -1.02. The molecule has 0 bridgehead atoms. The number of carbonyl (C=O) groups excluding carboxylic acids is 1. The predicted octanol–water partition coefficient (Wildman–Crippen LogP) is 2.93. The number of rotatable bonds is 4. The van der Waals surface area contributed by atoms with Crippen LogP contribution < -0.4 is 5.32 Å². The summed E-state index contributed by atoms with van der Waals surface area (Å²) in [6.45, 7) is 3.30. The number of hydrogen-bond donors (Lipinski definition) is 1. The molecule has 1 saturated heterocycles. The van der Waals surface area contributed by atoms with Crippen molar-refractivity contribution < 1.29 is 13.6 Å². The summed E-state index contributed by atoms with van der Waals surface area (Å²) in [5, 5.41) is 3.15. The van der Waals surface area contributed by atoms with Crippen molar-refractivity contribution in [3.63, 3.8) is 0 Å². The number of ketones is 1. The highest BCUT2D eigenvalue weighted by Crippen LogP contribution is 2.35. The standard InChI is InChI=1S/C14H17F2NO/c1-2-6-14(7-8-17-9-14)13(18)10-4-3-5-11(15)12(10)16/h3-5,17H,2,6-9H2,1H3. The Morgan fingerprint density at radius 1 is 1.44 bits per heavy atom. The molecular formula is C14H17F2NO. The molecule has 1 atom stereocenters. The van der Waals surface area contributed by atoms with Crippen LogP contribution in [0, 0.1) is 17.0 Å². The van der Waals surface area contributed by atoms with Crippen molar-refractivity contribution in [1.82, 2.24) is 5.32 Å². The van der Waals surface area contributed by atoms with Crippen LogP contribution in [0.2, 0.25) is 0 Å². The van der Waals surface area contributed by atoms with Crippen molar-refractivity contribution in [3.8, 4) is 0 Å². The molecule has 2 nitrogen and oxygen atoms in total. The highest BCUT2D eigenvalue weighted by atomic mass is 19.2. The molecule has 1 N–H and O–H groups in total. The number of carbonyl (C=O) groups is 1. The molecule has 1 aliphatic rings. The van der Waals surface area contributed by atoms with Gasteiger partial charge in [-0.1, -0.05) is 19.4 Å². The Labute approximate surface area is 105 Å². The van der Waals surface area contributed by atoms with E-state index in [-0.39, 0.29) is 11.3 Å². The summed E-state index contributed by atoms with van der Waals surface area (Å²) in [5.74, 6) is -2.25. The zero-order chi connectivity index (χ0) is 13.2. The maximum Gasteiger partial charge on any atom is 0.173 e. The van der Waals surface area contributed by atoms with E-state index in [0.717, 1.165) is 19.0 Å². The molecule has 0 aromatic heterocycles. The van der Waals surface area contributed by atoms with Gasteiger partial charge >= 0.3 is 0 Å². The minimum Gasteiger partial charge on any atom is -0.316 e. The van der Waals surface area contributed by atoms with E-state index >= 15 is 0 Å². The van der Waals surface area contributed by atoms with Crippen LogP contribution in [0.3, 0.4) is 0 Å². The number of nitrogens with one attached hydrogen (secondary N) is 1. The molecule has 0 radical (unpaired) electrons. The SMILES string of the molecule is CCCC1(C(=O)c2cccc(F)c2F)CCNC1. The van der Waals surface area contributed by atoms with Crippen LogP contribution in [0.25, 0.3) is 0 Å². The molecule has 1 fully saturated rings. The zero-order valence-corrected chi connectivity index (χ0v) is 10.4. The largest absolute Gasteiger partial charge is 0.316 e. The third kappa shape index (κ3) is 2.17. The maximum absolute atomic E-state index is 13.7. The van der Waals surface area contributed by atoms with Gasteiger partial charge in [-0.3, -0.25) is 4.79 Å². The smallest absolute Gasteiger partial charge is 0.173 e. The normalized spacial score (nSPS) is 23.3. The molecule has 1 aliphatic heterocycles. The molecule has 4 heteroatoms. The number of Topliss-reactive ketones (excluding diaryl/α,β-unsaturated/α-hetero) is 1. The average Bonchev–Trinajstić information content (AvgIpc) is 2.82. The van der Waals surface area contributed by atoms with E-state index in [1.165, 1.54) is 12.1 Å². The highest BCUT2D eigenvalue weighted by molar-refractivity contribution is 6.01. The molecule has 0 amide bonds. The monoisotopic (exact) mass is 253 g/mol. The third-order valence-electron chi connectivity index (χ3n) is 3.65. The van der Waals surface area contributed by atoms with Crippen LogP contribution in [-0.2, 0) is 0 Å². The Morgan fingerprint density at radius 3 is 2.83 bits per heavy atom. The summed E-state index contributed by atoms with van der Waals surface area (Å²) >= 11 is 0. The summed E-state index contributed by atoms with van der Waals surface area (Å²) in [5.41, 5.74) is -0.684. The van der Waals surface area contributed by atoms with Gasteiger partial charge in [0.2, 0.25) is 0 Å². The predicted molar refractivity (Wildman–Crippen MR) is 65.5 cm³/mol. The first-order valence-electron chi connectivity index (χ1n) is 6.30. The van der Waals surface area contributed by atoms with Crippen LogP contribution in [0.1, 0.15) is 36.5 Å². The van der Waals surface area contributed by atoms with E-state index in [4.69, 9.17) is 0 Å². The maximum atomic E-state index is 13.7. The minimum absolute atomic E-state index is 0.118. The van der Waals surface area contributed by atoms with Crippen LogP contribution in [-0.4, -0.2) is 18.9 Å². The molecular weight excluding hydrogens is 236 g/mol. The summed E-state index contributed by atoms with van der Waals surface area (Å²) in [6.07, 6.45) is 2.24. The van der Waals surface area contributed by atoms with Gasteiger partial charge in [0.1, 0.15) is 0 Å². The molecule has 1 unspecified atom stereocenters. The van der Waals surface area contributed by atoms with Crippen LogP contribution in [0.4, 0.5) is 8.78 Å². The molecule has 0 aliphatic carbocycles. The van der Waals surface area contributed by atoms with E-state index in [1.54, 1.807) is 0 Å². The molecule has 0 saturated carbocycles. The lowest BCUT2D eigenvalue weighted by molar-refractivity contribution is 0.0796. The quantitative estimate of drug-likeness (QED) is 0.836. The fourth-order valence-corrected chi connectivity index (χ4v) is 2.71. The molecule has 2 rings (SSSR count). The number of halogens is 2. The molecule has 1 heterocycles. The highest BCUT2D eigenvalue weighted by Gasteiger charge is 2.41. The van der Waals surface area contributed by atoms with Crippen molar-refractivity contribution in [2.24, 2.45) is 5.41 Å². The Balaban J connectivity index is 2.37. The van der Waals surface area contributed by atoms with Gasteiger partial charge in [-0.2, -0.15) is 0 Å². The Bertz CT molecular complexity index is 453. The first-order chi connectivity index (χ1) is 8.60. The van der Waals surface area contributed by atoms with Crippen molar-refractivity contribution in [3.05, 3.63) is 35.4 Å². The fourth-order valence-electron chi connectivity index (χ4n) is 2.71. The second kappa shape index (κ2) is 5.14. The number of hydrogen-bond acceptors (Lipinski definition) is 2. The van der Waals surface area contributed by atoms with E-state index in [0.29, 0.717) is 19.4 Å². The van der Waals surface area contributed by atoms with Crippen LogP contribution >= 0.6 is 0 Å². The van der Waals surface area contributed by atoms with E-state index in [2.05, 4.69) is 5.32 Å². The van der Waals surface area contributed by atoms with Crippen LogP contribution in [0.5, 0.6) is 0 Å².